The van der Waals surface area contributed by atoms with Crippen molar-refractivity contribution in [3.05, 3.63) is 0 Å². The van der Waals surface area contributed by atoms with E-state index in [2.05, 4.69) is 0 Å². The van der Waals surface area contributed by atoms with Gasteiger partial charge in [0.05, 0.1) is 0 Å². The minimum Gasteiger partial charge on any atom is -0.344 e. The molecule has 6 N–H and O–H groups in total. The van der Waals surface area contributed by atoms with Crippen LogP contribution in [-0.2, 0) is 0 Å². The lowest BCUT2D eigenvalue weighted by Crippen LogP contribution is -0.482. The molecule has 0 aromatic carbocycles. The van der Waals surface area contributed by atoms with Crippen molar-refractivity contribution in [1.82, 2.24) is 12.3 Å². The highest BCUT2D eigenvalue weighted by Gasteiger charge is -0.0755. The van der Waals surface area contributed by atoms with Gasteiger partial charge >= 0.3 is 0 Å². The van der Waals surface area contributed by atoms with Gasteiger partial charge in [-0.1, -0.05) is 22.3 Å². The third-order valence-electron chi connectivity index (χ3n) is 0. The molecule has 0 aromatic rings. The Labute approximate surface area is 38.7 Å². The van der Waals surface area contributed by atoms with Crippen LogP contribution in [0.2, 0.25) is 0 Å². The van der Waals surface area contributed by atoms with Gasteiger partial charge in [0.25, 0.3) is 0 Å². The Morgan fingerprint density at radius 3 is 0.600 bits per heavy atom. The monoisotopic (exact) mass is 86.2 g/mol. The van der Waals surface area contributed by atoms with Crippen LogP contribution in [0.4, 0.5) is 0 Å². The molecule has 5 heavy (non-hydrogen) atoms. The van der Waals surface area contributed by atoms with Crippen LogP contribution in [0.1, 0.15) is 25.1 Å². The number of hydrogen-bond donors (Lipinski definition) is 2. The van der Waals surface area contributed by atoms with Gasteiger partial charge in [-0.15, -0.1) is 0 Å². The second-order valence-electron chi connectivity index (χ2n) is 0. The Bertz CT molecular complexity index is 10.9. The van der Waals surface area contributed by atoms with E-state index >= 15 is 0 Å². The first kappa shape index (κ1) is 11800. The zero-order chi connectivity index (χ0) is 0. The Hall–Kier alpha value is -0.0800. The van der Waals surface area contributed by atoms with Gasteiger partial charge in [-0.3, -0.25) is 0 Å². The minimum absolute atomic E-state index is 0. The summed E-state index contributed by atoms with van der Waals surface area (Å²) in [5.41, 5.74) is 0. The molecule has 0 heterocycles. The van der Waals surface area contributed by atoms with E-state index < -0.39 is 0 Å². The van der Waals surface area contributed by atoms with Crippen molar-refractivity contribution >= 4 is 0 Å². The molecule has 0 saturated carbocycles. The normalized spacial score (nSPS) is 0. The van der Waals surface area contributed by atoms with E-state index in [0.29, 0.717) is 0 Å². The van der Waals surface area contributed by atoms with Crippen LogP contribution in [0.15, 0.2) is 0 Å². The Morgan fingerprint density at radius 2 is 0.600 bits per heavy atom. The highest BCUT2D eigenvalue weighted by atomic mass is 14.0. The summed E-state index contributed by atoms with van der Waals surface area (Å²) in [6.07, 6.45) is 0. The van der Waals surface area contributed by atoms with E-state index in [1.807, 2.05) is 0 Å². The van der Waals surface area contributed by atoms with Crippen LogP contribution in [0.3, 0.4) is 0 Å². The summed E-state index contributed by atoms with van der Waals surface area (Å²) < 4.78 is 0. The average Bonchev–Trinajstić information content (AvgIpc) is 0. The molecule has 0 aliphatic heterocycles. The largest absolute Gasteiger partial charge is 0.344 e. The van der Waals surface area contributed by atoms with Gasteiger partial charge in [0, 0.05) is 2.85 Å². The lowest BCUT2D eigenvalue weighted by Gasteiger charge is -0.345. The molecule has 2 nitrogen and oxygen atoms in total. The summed E-state index contributed by atoms with van der Waals surface area (Å²) >= 11 is 0. The highest BCUT2D eigenvalue weighted by molar-refractivity contribution is 2.51. The summed E-state index contributed by atoms with van der Waals surface area (Å²) in [5.74, 6) is 0. The molecule has 0 aliphatic carbocycles. The van der Waals surface area contributed by atoms with Crippen molar-refractivity contribution in [2.24, 2.45) is 0 Å². The average molecular weight is 86.2 g/mol. The van der Waals surface area contributed by atoms with Crippen LogP contribution in [0, 0.1) is 0 Å². The van der Waals surface area contributed by atoms with E-state index in [1.54, 1.807) is 0 Å². The van der Waals surface area contributed by atoms with Gasteiger partial charge in [-0.2, -0.15) is 0 Å². The maximum atomic E-state index is 0. The molecular formula is C3H22N2. The summed E-state index contributed by atoms with van der Waals surface area (Å²) in [7, 11) is 0. The maximum Gasteiger partial charge on any atom is 0 e. The molecule has 44 valence electrons. The second-order valence-corrected chi connectivity index (χ2v) is 0. The van der Waals surface area contributed by atoms with E-state index in [4.69, 9.17) is 0 Å². The maximum absolute atomic E-state index is 0. The molecule has 0 bridgehead atoms. The lowest BCUT2D eigenvalue weighted by molar-refractivity contribution is 2.13. The van der Waals surface area contributed by atoms with Gasteiger partial charge in [0.15, 0.2) is 0 Å². The molecule has 0 spiro atoms. The van der Waals surface area contributed by atoms with E-state index in [-0.39, 0.29) is 37.4 Å². The standard InChI is InChI=1S/3CH4.2H3N.2H2/h3*1H4;2*1H3;2*1H. The Kier molecular flexibility index (Phi) is 12300000. The quantitative estimate of drug-likeness (QED) is 0.475. The summed E-state index contributed by atoms with van der Waals surface area (Å²) in [5, 5.41) is 0. The molecule has 0 rings (SSSR count). The van der Waals surface area contributed by atoms with Gasteiger partial charge < -0.3 is 12.3 Å². The molecule has 2 heteroatoms. The second kappa shape index (κ2) is 5220. The molecular weight excluding hydrogens is 64.0 g/mol. The topological polar surface area (TPSA) is 70.0 Å². The zero-order valence-corrected chi connectivity index (χ0v) is 1.41. The first-order valence-corrected chi connectivity index (χ1v) is 0. The first-order valence-electron chi connectivity index (χ1n) is 0. The predicted octanol–water partition coefficient (Wildman–Crippen LogP) is 2.72. The van der Waals surface area contributed by atoms with Crippen molar-refractivity contribution < 1.29 is 2.85 Å². The predicted molar refractivity (Wildman–Crippen MR) is 34.5 cm³/mol. The fourth-order valence-electron chi connectivity index (χ4n) is 0. The van der Waals surface area contributed by atoms with Crippen LogP contribution in [0.5, 0.6) is 0 Å². The lowest BCUT2D eigenvalue weighted by atomic mass is 12.0. The SMILES string of the molecule is C.C.C.N.N.[HH].[HH]. The first-order chi connectivity index (χ1) is 0. The van der Waals surface area contributed by atoms with Gasteiger partial charge in [-0.05, 0) is 0 Å². The van der Waals surface area contributed by atoms with Crippen LogP contribution < -0.4 is 12.3 Å². The molecule has 0 radical (unpaired) electrons. The molecule has 0 aliphatic rings. The van der Waals surface area contributed by atoms with E-state index in [0.717, 1.165) is 0 Å². The molecule has 0 atom stereocenters. The molecule has 0 unspecified atom stereocenters. The summed E-state index contributed by atoms with van der Waals surface area (Å²) in [6.45, 7) is 0. The highest BCUT2D eigenvalue weighted by Crippen LogP contribution is 0.146. The summed E-state index contributed by atoms with van der Waals surface area (Å²) in [4.78, 5) is 0. The number of rotatable bonds is 0. The van der Waals surface area contributed by atoms with Crippen molar-refractivity contribution in [3.63, 3.8) is 0 Å². The van der Waals surface area contributed by atoms with Crippen LogP contribution >= 0.6 is 0 Å². The zero-order valence-electron chi connectivity index (χ0n) is 1.41. The minimum atomic E-state index is 0. The molecule has 0 saturated heterocycles. The summed E-state index contributed by atoms with van der Waals surface area (Å²) in [6, 6.07) is 0. The van der Waals surface area contributed by atoms with Gasteiger partial charge in [0.2, 0.25) is 0 Å². The van der Waals surface area contributed by atoms with E-state index in [1.165, 1.54) is 0 Å². The van der Waals surface area contributed by atoms with Crippen molar-refractivity contribution in [2.45, 2.75) is 22.3 Å². The molecule has 0 amide bonds. The van der Waals surface area contributed by atoms with Gasteiger partial charge in [0.1, 0.15) is 0 Å². The van der Waals surface area contributed by atoms with Crippen molar-refractivity contribution in [2.75, 3.05) is 0 Å². The Balaban J connectivity index is 0. The Morgan fingerprint density at radius 1 is 0.600 bits per heavy atom. The molecule has 0 fully saturated rings. The van der Waals surface area contributed by atoms with E-state index in [9.17, 15) is 0 Å². The molecule has 0 aromatic heterocycles. The third-order valence-corrected chi connectivity index (χ3v) is 0. The van der Waals surface area contributed by atoms with Crippen LogP contribution in [0.25, 0.3) is 0 Å². The third kappa shape index (κ3) is 2260. The van der Waals surface area contributed by atoms with Crippen molar-refractivity contribution in [1.29, 1.82) is 0 Å². The van der Waals surface area contributed by atoms with Crippen LogP contribution in [-0.4, -0.2) is 0 Å². The fourth-order valence-corrected chi connectivity index (χ4v) is 0. The van der Waals surface area contributed by atoms with Crippen molar-refractivity contribution in [3.8, 4) is 0 Å². The fraction of sp³-hybridized carbons (Fsp3) is 1.00. The smallest absolute Gasteiger partial charge is 0 e. The van der Waals surface area contributed by atoms with Gasteiger partial charge in [-0.25, -0.2) is 0 Å². The number of hydrogen-bond acceptors (Lipinski definition) is 2.